The fourth-order valence-corrected chi connectivity index (χ4v) is 3.38. The molecule has 2 aromatic carbocycles. The van der Waals surface area contributed by atoms with Crippen LogP contribution in [0.1, 0.15) is 32.4 Å². The second kappa shape index (κ2) is 8.41. The summed E-state index contributed by atoms with van der Waals surface area (Å²) in [4.78, 5) is 38.4. The monoisotopic (exact) mass is 409 g/mol. The van der Waals surface area contributed by atoms with Crippen LogP contribution in [0, 0.1) is 5.92 Å². The Bertz CT molecular complexity index is 1000. The van der Waals surface area contributed by atoms with Crippen molar-refractivity contribution in [3.63, 3.8) is 0 Å². The van der Waals surface area contributed by atoms with E-state index in [0.29, 0.717) is 22.7 Å². The van der Waals surface area contributed by atoms with E-state index in [1.807, 2.05) is 0 Å². The maximum atomic E-state index is 13.0. The smallest absolute Gasteiger partial charge is 0.308 e. The molecule has 156 valence electrons. The molecule has 0 spiro atoms. The van der Waals surface area contributed by atoms with E-state index < -0.39 is 29.6 Å². The highest BCUT2D eigenvalue weighted by atomic mass is 16.5. The summed E-state index contributed by atoms with van der Waals surface area (Å²) in [5.74, 6) is -1.43. The van der Waals surface area contributed by atoms with Gasteiger partial charge in [-0.25, -0.2) is 0 Å². The summed E-state index contributed by atoms with van der Waals surface area (Å²) in [6, 6.07) is 12.5. The van der Waals surface area contributed by atoms with E-state index in [4.69, 9.17) is 9.47 Å². The molecule has 0 aromatic heterocycles. The number of amides is 1. The summed E-state index contributed by atoms with van der Waals surface area (Å²) in [5, 5.41) is 10.6. The number of nitrogens with zero attached hydrogens (tertiary/aromatic N) is 1. The van der Waals surface area contributed by atoms with Gasteiger partial charge in [-0.2, -0.15) is 0 Å². The molecule has 3 rings (SSSR count). The summed E-state index contributed by atoms with van der Waals surface area (Å²) in [6.45, 7) is 4.73. The lowest BCUT2D eigenvalue weighted by Crippen LogP contribution is -2.31. The van der Waals surface area contributed by atoms with Gasteiger partial charge in [-0.3, -0.25) is 19.3 Å². The fourth-order valence-electron chi connectivity index (χ4n) is 3.38. The predicted molar refractivity (Wildman–Crippen MR) is 110 cm³/mol. The van der Waals surface area contributed by atoms with Crippen molar-refractivity contribution in [3.05, 3.63) is 65.4 Å². The van der Waals surface area contributed by atoms with Crippen LogP contribution < -0.4 is 14.4 Å². The first-order valence-corrected chi connectivity index (χ1v) is 9.48. The molecule has 1 amide bonds. The minimum absolute atomic E-state index is 0.0473. The molecule has 1 heterocycles. The number of esters is 1. The van der Waals surface area contributed by atoms with Crippen molar-refractivity contribution < 1.29 is 29.0 Å². The Morgan fingerprint density at radius 2 is 1.57 bits per heavy atom. The molecule has 30 heavy (non-hydrogen) atoms. The van der Waals surface area contributed by atoms with Crippen LogP contribution in [0.25, 0.3) is 0 Å². The number of aliphatic hydroxyl groups excluding tert-OH is 1. The number of aliphatic hydroxyl groups is 1. The van der Waals surface area contributed by atoms with Gasteiger partial charge in [0.15, 0.2) is 11.5 Å². The third kappa shape index (κ3) is 3.91. The van der Waals surface area contributed by atoms with Crippen molar-refractivity contribution in [1.29, 1.82) is 0 Å². The number of methoxy groups -OCH3 is 1. The standard InChI is InChI=1S/C23H23NO6/c1-13(2)21(26)19-20(15-5-9-18(10-6-15)30-14(3)25)24(23(28)22(19)27)16-7-11-17(29-4)12-8-16/h5-13,20,27H,1-4H3. The Kier molecular flexibility index (Phi) is 5.91. The van der Waals surface area contributed by atoms with Crippen LogP contribution in [0.4, 0.5) is 5.69 Å². The Labute approximate surface area is 174 Å². The van der Waals surface area contributed by atoms with Crippen LogP contribution in [0.2, 0.25) is 0 Å². The van der Waals surface area contributed by atoms with Crippen LogP contribution in [-0.4, -0.2) is 29.9 Å². The van der Waals surface area contributed by atoms with Crippen molar-refractivity contribution in [1.82, 2.24) is 0 Å². The minimum Gasteiger partial charge on any atom is -0.503 e. The van der Waals surface area contributed by atoms with Crippen LogP contribution in [0.5, 0.6) is 11.5 Å². The Hall–Kier alpha value is -3.61. The number of ketones is 1. The van der Waals surface area contributed by atoms with E-state index in [9.17, 15) is 19.5 Å². The lowest BCUT2D eigenvalue weighted by molar-refractivity contribution is -0.131. The van der Waals surface area contributed by atoms with E-state index in [1.54, 1.807) is 62.4 Å². The normalized spacial score (nSPS) is 16.2. The molecule has 1 aliphatic rings. The summed E-state index contributed by atoms with van der Waals surface area (Å²) in [7, 11) is 1.54. The van der Waals surface area contributed by atoms with E-state index >= 15 is 0 Å². The van der Waals surface area contributed by atoms with Gasteiger partial charge in [-0.15, -0.1) is 0 Å². The van der Waals surface area contributed by atoms with E-state index in [0.717, 1.165) is 0 Å². The number of Topliss-reactive ketones (excluding diaryl/α,β-unsaturated/α-hetero) is 1. The zero-order valence-electron chi connectivity index (χ0n) is 17.2. The average molecular weight is 409 g/mol. The van der Waals surface area contributed by atoms with Gasteiger partial charge in [0.05, 0.1) is 18.7 Å². The maximum Gasteiger partial charge on any atom is 0.308 e. The number of anilines is 1. The SMILES string of the molecule is COc1ccc(N2C(=O)C(O)=C(C(=O)C(C)C)C2c2ccc(OC(C)=O)cc2)cc1. The van der Waals surface area contributed by atoms with Gasteiger partial charge in [-0.05, 0) is 42.0 Å². The van der Waals surface area contributed by atoms with Crippen molar-refractivity contribution in [2.75, 3.05) is 12.0 Å². The molecule has 7 nitrogen and oxygen atoms in total. The number of rotatable bonds is 6. The predicted octanol–water partition coefficient (Wildman–Crippen LogP) is 3.75. The zero-order chi connectivity index (χ0) is 22.0. The molecule has 1 atom stereocenters. The van der Waals surface area contributed by atoms with Crippen molar-refractivity contribution in [2.45, 2.75) is 26.8 Å². The third-order valence-corrected chi connectivity index (χ3v) is 4.81. The van der Waals surface area contributed by atoms with Crippen LogP contribution >= 0.6 is 0 Å². The van der Waals surface area contributed by atoms with Gasteiger partial charge >= 0.3 is 5.97 Å². The lowest BCUT2D eigenvalue weighted by atomic mass is 9.91. The van der Waals surface area contributed by atoms with E-state index in [2.05, 4.69) is 0 Å². The number of carbonyl (C=O) groups is 3. The zero-order valence-corrected chi connectivity index (χ0v) is 17.2. The molecule has 7 heteroatoms. The molecule has 0 bridgehead atoms. The number of hydrogen-bond donors (Lipinski definition) is 1. The fraction of sp³-hybridized carbons (Fsp3) is 0.261. The highest BCUT2D eigenvalue weighted by molar-refractivity contribution is 6.16. The lowest BCUT2D eigenvalue weighted by Gasteiger charge is -2.27. The highest BCUT2D eigenvalue weighted by Gasteiger charge is 2.44. The molecule has 2 aromatic rings. The number of hydrogen-bond acceptors (Lipinski definition) is 6. The molecule has 0 aliphatic carbocycles. The molecule has 1 N–H and O–H groups in total. The van der Waals surface area contributed by atoms with Crippen molar-refractivity contribution >= 4 is 23.3 Å². The number of benzene rings is 2. The van der Waals surface area contributed by atoms with Crippen molar-refractivity contribution in [2.24, 2.45) is 5.92 Å². The summed E-state index contributed by atoms with van der Waals surface area (Å²) in [5.41, 5.74) is 1.15. The van der Waals surface area contributed by atoms with Gasteiger partial charge in [0.25, 0.3) is 5.91 Å². The Morgan fingerprint density at radius 3 is 2.07 bits per heavy atom. The molecule has 0 saturated carbocycles. The summed E-state index contributed by atoms with van der Waals surface area (Å²) >= 11 is 0. The third-order valence-electron chi connectivity index (χ3n) is 4.81. The molecule has 1 unspecified atom stereocenters. The average Bonchev–Trinajstić information content (AvgIpc) is 2.98. The van der Waals surface area contributed by atoms with Gasteiger partial charge < -0.3 is 14.6 Å². The second-order valence-electron chi connectivity index (χ2n) is 7.22. The minimum atomic E-state index is -0.813. The van der Waals surface area contributed by atoms with Gasteiger partial charge in [0.2, 0.25) is 0 Å². The molecule has 1 aliphatic heterocycles. The quantitative estimate of drug-likeness (QED) is 0.577. The molecule has 0 fully saturated rings. The first-order valence-electron chi connectivity index (χ1n) is 9.48. The van der Waals surface area contributed by atoms with Crippen LogP contribution in [0.3, 0.4) is 0 Å². The topological polar surface area (TPSA) is 93.1 Å². The number of ether oxygens (including phenoxy) is 2. The number of carbonyl (C=O) groups excluding carboxylic acids is 3. The maximum absolute atomic E-state index is 13.0. The van der Waals surface area contributed by atoms with Crippen LogP contribution in [-0.2, 0) is 14.4 Å². The largest absolute Gasteiger partial charge is 0.503 e. The second-order valence-corrected chi connectivity index (χ2v) is 7.22. The Balaban J connectivity index is 2.10. The van der Waals surface area contributed by atoms with E-state index in [-0.39, 0.29) is 11.4 Å². The molecule has 0 radical (unpaired) electrons. The summed E-state index contributed by atoms with van der Waals surface area (Å²) < 4.78 is 10.2. The van der Waals surface area contributed by atoms with Crippen LogP contribution in [0.15, 0.2) is 59.9 Å². The molecule has 0 saturated heterocycles. The van der Waals surface area contributed by atoms with Gasteiger partial charge in [0, 0.05) is 18.5 Å². The Morgan fingerprint density at radius 1 is 1.00 bits per heavy atom. The highest BCUT2D eigenvalue weighted by Crippen LogP contribution is 2.42. The molecular weight excluding hydrogens is 386 g/mol. The first kappa shape index (κ1) is 21.1. The summed E-state index contributed by atoms with van der Waals surface area (Å²) in [6.07, 6.45) is 0. The molecular formula is C23H23NO6. The van der Waals surface area contributed by atoms with Crippen molar-refractivity contribution in [3.8, 4) is 11.5 Å². The first-order chi connectivity index (χ1) is 14.2. The van der Waals surface area contributed by atoms with E-state index in [1.165, 1.54) is 18.9 Å². The van der Waals surface area contributed by atoms with Gasteiger partial charge in [0.1, 0.15) is 11.5 Å². The van der Waals surface area contributed by atoms with Gasteiger partial charge in [-0.1, -0.05) is 26.0 Å².